The molecule has 2 aliphatic rings. The summed E-state index contributed by atoms with van der Waals surface area (Å²) in [6.07, 6.45) is 4.07. The predicted octanol–water partition coefficient (Wildman–Crippen LogP) is 1.73. The Balaban J connectivity index is 2.24. The van der Waals surface area contributed by atoms with Crippen LogP contribution < -0.4 is 0 Å². The molecule has 1 atom stereocenters. The molecule has 1 saturated heterocycles. The molecule has 0 aromatic carbocycles. The molecule has 1 aliphatic carbocycles. The Kier molecular flexibility index (Phi) is 2.74. The van der Waals surface area contributed by atoms with Gasteiger partial charge in [0.1, 0.15) is 0 Å². The maximum Gasteiger partial charge on any atom is 0.338 e. The second kappa shape index (κ2) is 3.92. The lowest BCUT2D eigenvalue weighted by atomic mass is 9.80. The molecule has 0 aromatic heterocycles. The minimum absolute atomic E-state index is 0.275. The largest absolute Gasteiger partial charge is 0.453 e. The fraction of sp³-hybridized carbons (Fsp3) is 0.667. The highest BCUT2D eigenvalue weighted by molar-refractivity contribution is 5.92. The minimum Gasteiger partial charge on any atom is -0.453 e. The quantitative estimate of drug-likeness (QED) is 0.503. The lowest BCUT2D eigenvalue weighted by Crippen LogP contribution is -2.43. The third kappa shape index (κ3) is 1.72. The Hall–Kier alpha value is -1.32. The lowest BCUT2D eigenvalue weighted by Gasteiger charge is -2.35. The van der Waals surface area contributed by atoms with E-state index in [-0.39, 0.29) is 5.57 Å². The van der Waals surface area contributed by atoms with E-state index in [1.54, 1.807) is 0 Å². The monoisotopic (exact) mass is 224 g/mol. The SMILES string of the molecule is C=C1C(=O)OC2(CCCCC2)C1OC(C)=O. The Morgan fingerprint density at radius 1 is 1.44 bits per heavy atom. The molecular formula is C12H16O4. The van der Waals surface area contributed by atoms with Crippen molar-refractivity contribution in [2.24, 2.45) is 0 Å². The van der Waals surface area contributed by atoms with Crippen molar-refractivity contribution in [2.75, 3.05) is 0 Å². The normalized spacial score (nSPS) is 27.9. The average molecular weight is 224 g/mol. The zero-order valence-electron chi connectivity index (χ0n) is 9.45. The molecule has 0 radical (unpaired) electrons. The Labute approximate surface area is 94.6 Å². The van der Waals surface area contributed by atoms with Gasteiger partial charge in [0.2, 0.25) is 0 Å². The molecule has 0 bridgehead atoms. The molecule has 0 aromatic rings. The molecule has 1 aliphatic heterocycles. The van der Waals surface area contributed by atoms with Crippen molar-refractivity contribution >= 4 is 11.9 Å². The summed E-state index contributed by atoms with van der Waals surface area (Å²) >= 11 is 0. The fourth-order valence-corrected chi connectivity index (χ4v) is 2.59. The molecule has 1 unspecified atom stereocenters. The number of rotatable bonds is 1. The van der Waals surface area contributed by atoms with Crippen LogP contribution in [0.15, 0.2) is 12.2 Å². The summed E-state index contributed by atoms with van der Waals surface area (Å²) in [5.41, 5.74) is -0.352. The van der Waals surface area contributed by atoms with E-state index in [2.05, 4.69) is 6.58 Å². The van der Waals surface area contributed by atoms with Gasteiger partial charge in [0, 0.05) is 6.92 Å². The maximum atomic E-state index is 11.5. The first-order valence-electron chi connectivity index (χ1n) is 5.64. The molecule has 16 heavy (non-hydrogen) atoms. The summed E-state index contributed by atoms with van der Waals surface area (Å²) in [4.78, 5) is 22.6. The zero-order chi connectivity index (χ0) is 11.8. The van der Waals surface area contributed by atoms with E-state index in [0.717, 1.165) is 32.1 Å². The van der Waals surface area contributed by atoms with Crippen LogP contribution in [0.2, 0.25) is 0 Å². The summed E-state index contributed by atoms with van der Waals surface area (Å²) in [7, 11) is 0. The molecular weight excluding hydrogens is 208 g/mol. The van der Waals surface area contributed by atoms with Crippen molar-refractivity contribution < 1.29 is 19.1 Å². The van der Waals surface area contributed by atoms with Crippen molar-refractivity contribution in [3.05, 3.63) is 12.2 Å². The molecule has 88 valence electrons. The van der Waals surface area contributed by atoms with Gasteiger partial charge in [-0.15, -0.1) is 0 Å². The van der Waals surface area contributed by atoms with E-state index in [9.17, 15) is 9.59 Å². The number of carbonyl (C=O) groups excluding carboxylic acids is 2. The van der Waals surface area contributed by atoms with E-state index in [1.807, 2.05) is 0 Å². The summed E-state index contributed by atoms with van der Waals surface area (Å²) in [5.74, 6) is -0.817. The van der Waals surface area contributed by atoms with Crippen LogP contribution >= 0.6 is 0 Å². The second-order valence-corrected chi connectivity index (χ2v) is 4.53. The van der Waals surface area contributed by atoms with E-state index < -0.39 is 23.6 Å². The van der Waals surface area contributed by atoms with Crippen LogP contribution in [0.25, 0.3) is 0 Å². The number of hydrogen-bond donors (Lipinski definition) is 0. The highest BCUT2D eigenvalue weighted by atomic mass is 16.6. The minimum atomic E-state index is -0.627. The van der Waals surface area contributed by atoms with Crippen molar-refractivity contribution in [1.82, 2.24) is 0 Å². The first-order chi connectivity index (χ1) is 7.55. The van der Waals surface area contributed by atoms with Crippen LogP contribution in [0.5, 0.6) is 0 Å². The van der Waals surface area contributed by atoms with Gasteiger partial charge < -0.3 is 9.47 Å². The van der Waals surface area contributed by atoms with E-state index >= 15 is 0 Å². The van der Waals surface area contributed by atoms with Crippen LogP contribution in [0.4, 0.5) is 0 Å². The van der Waals surface area contributed by atoms with Crippen molar-refractivity contribution in [1.29, 1.82) is 0 Å². The topological polar surface area (TPSA) is 52.6 Å². The maximum absolute atomic E-state index is 11.5. The Bertz CT molecular complexity index is 339. The van der Waals surface area contributed by atoms with Crippen LogP contribution in [-0.2, 0) is 19.1 Å². The van der Waals surface area contributed by atoms with Gasteiger partial charge in [-0.25, -0.2) is 4.79 Å². The highest BCUT2D eigenvalue weighted by Crippen LogP contribution is 2.43. The first-order valence-corrected chi connectivity index (χ1v) is 5.64. The fourth-order valence-electron chi connectivity index (χ4n) is 2.59. The molecule has 2 fully saturated rings. The zero-order valence-corrected chi connectivity index (χ0v) is 9.45. The molecule has 4 nitrogen and oxygen atoms in total. The Morgan fingerprint density at radius 2 is 2.06 bits per heavy atom. The van der Waals surface area contributed by atoms with E-state index in [0.29, 0.717) is 0 Å². The van der Waals surface area contributed by atoms with E-state index in [1.165, 1.54) is 6.92 Å². The smallest absolute Gasteiger partial charge is 0.338 e. The standard InChI is InChI=1S/C12H16O4/c1-8-10(15-9(2)13)12(16-11(8)14)6-4-3-5-7-12/h10H,1,3-7H2,2H3. The van der Waals surface area contributed by atoms with Crippen molar-refractivity contribution in [3.8, 4) is 0 Å². The van der Waals surface area contributed by atoms with Crippen molar-refractivity contribution in [3.63, 3.8) is 0 Å². The van der Waals surface area contributed by atoms with Crippen LogP contribution in [0.3, 0.4) is 0 Å². The van der Waals surface area contributed by atoms with Gasteiger partial charge in [0.15, 0.2) is 11.7 Å². The summed E-state index contributed by atoms with van der Waals surface area (Å²) < 4.78 is 10.6. The third-order valence-corrected chi connectivity index (χ3v) is 3.34. The summed E-state index contributed by atoms with van der Waals surface area (Å²) in [5, 5.41) is 0. The molecule has 0 amide bonds. The Morgan fingerprint density at radius 3 is 2.62 bits per heavy atom. The highest BCUT2D eigenvalue weighted by Gasteiger charge is 2.54. The third-order valence-electron chi connectivity index (χ3n) is 3.34. The van der Waals surface area contributed by atoms with Crippen LogP contribution in [-0.4, -0.2) is 23.6 Å². The van der Waals surface area contributed by atoms with Gasteiger partial charge >= 0.3 is 11.9 Å². The van der Waals surface area contributed by atoms with E-state index in [4.69, 9.17) is 9.47 Å². The molecule has 1 spiro atoms. The molecule has 4 heteroatoms. The van der Waals surface area contributed by atoms with Crippen LogP contribution in [0.1, 0.15) is 39.0 Å². The average Bonchev–Trinajstić information content (AvgIpc) is 2.44. The number of ether oxygens (including phenoxy) is 2. The van der Waals surface area contributed by atoms with Crippen molar-refractivity contribution in [2.45, 2.75) is 50.7 Å². The van der Waals surface area contributed by atoms with Gasteiger partial charge in [-0.05, 0) is 25.7 Å². The van der Waals surface area contributed by atoms with Gasteiger partial charge in [-0.3, -0.25) is 4.79 Å². The second-order valence-electron chi connectivity index (χ2n) is 4.53. The summed E-state index contributed by atoms with van der Waals surface area (Å²) in [6.45, 7) is 5.01. The van der Waals surface area contributed by atoms with Gasteiger partial charge in [0.05, 0.1) is 5.57 Å². The number of esters is 2. The lowest BCUT2D eigenvalue weighted by molar-refractivity contribution is -0.166. The molecule has 1 saturated carbocycles. The molecule has 2 rings (SSSR count). The van der Waals surface area contributed by atoms with Gasteiger partial charge in [-0.1, -0.05) is 13.0 Å². The van der Waals surface area contributed by atoms with Crippen LogP contribution in [0, 0.1) is 0 Å². The first kappa shape index (κ1) is 11.2. The number of carbonyl (C=O) groups is 2. The molecule has 0 N–H and O–H groups in total. The summed E-state index contributed by atoms with van der Waals surface area (Å²) in [6, 6.07) is 0. The number of hydrogen-bond acceptors (Lipinski definition) is 4. The van der Waals surface area contributed by atoms with Gasteiger partial charge in [0.25, 0.3) is 0 Å². The predicted molar refractivity (Wildman–Crippen MR) is 56.6 cm³/mol. The molecule has 1 heterocycles. The van der Waals surface area contributed by atoms with Gasteiger partial charge in [-0.2, -0.15) is 0 Å².